The highest BCUT2D eigenvalue weighted by Gasteiger charge is 2.25. The summed E-state index contributed by atoms with van der Waals surface area (Å²) in [4.78, 5) is 10.2. The van der Waals surface area contributed by atoms with Gasteiger partial charge in [-0.2, -0.15) is 0 Å². The highest BCUT2D eigenvalue weighted by atomic mass is 16.3. The summed E-state index contributed by atoms with van der Waals surface area (Å²) in [6.45, 7) is 0. The van der Waals surface area contributed by atoms with Gasteiger partial charge in [-0.15, -0.1) is 0 Å². The zero-order chi connectivity index (χ0) is 37.2. The Bertz CT molecular complexity index is 3730. The molecule has 0 N–H and O–H groups in total. The van der Waals surface area contributed by atoms with Crippen molar-refractivity contribution in [1.82, 2.24) is 18.9 Å². The average molecular weight is 727 g/mol. The third-order valence-electron chi connectivity index (χ3n) is 11.9. The minimum atomic E-state index is 0.674. The molecule has 0 aliphatic heterocycles. The maximum Gasteiger partial charge on any atom is 0.180 e. The molecule has 0 amide bonds. The van der Waals surface area contributed by atoms with Crippen LogP contribution in [0.5, 0.6) is 0 Å². The van der Waals surface area contributed by atoms with E-state index in [9.17, 15) is 0 Å². The molecule has 5 heterocycles. The fourth-order valence-electron chi connectivity index (χ4n) is 9.36. The first kappa shape index (κ1) is 30.6. The van der Waals surface area contributed by atoms with Crippen LogP contribution < -0.4 is 0 Å². The summed E-state index contributed by atoms with van der Waals surface area (Å²) in [5, 5.41) is 8.50. The number of benzene rings is 8. The first-order valence-electron chi connectivity index (χ1n) is 19.3. The Hall–Kier alpha value is -7.76. The van der Waals surface area contributed by atoms with E-state index < -0.39 is 0 Å². The van der Waals surface area contributed by atoms with Gasteiger partial charge in [-0.05, 0) is 65.7 Å². The molecular formula is C52H30N4O. The summed E-state index contributed by atoms with van der Waals surface area (Å²) in [5.74, 6) is 0.674. The molecule has 13 aromatic rings. The fourth-order valence-corrected chi connectivity index (χ4v) is 9.36. The summed E-state index contributed by atoms with van der Waals surface area (Å²) in [5.41, 5.74) is 14.6. The molecule has 0 aliphatic rings. The molecule has 264 valence electrons. The Morgan fingerprint density at radius 1 is 0.404 bits per heavy atom. The van der Waals surface area contributed by atoms with Crippen LogP contribution in [0.3, 0.4) is 0 Å². The van der Waals surface area contributed by atoms with Gasteiger partial charge >= 0.3 is 0 Å². The Kier molecular flexibility index (Phi) is 6.10. The second-order valence-corrected chi connectivity index (χ2v) is 14.9. The number of hydrogen-bond acceptors (Lipinski definition) is 3. The number of para-hydroxylation sites is 3. The van der Waals surface area contributed by atoms with Gasteiger partial charge < -0.3 is 13.4 Å². The minimum absolute atomic E-state index is 0.674. The van der Waals surface area contributed by atoms with Crippen LogP contribution in [0, 0.1) is 0 Å². The van der Waals surface area contributed by atoms with E-state index in [0.29, 0.717) is 11.4 Å². The molecule has 13 rings (SSSR count). The van der Waals surface area contributed by atoms with Gasteiger partial charge in [-0.25, -0.2) is 9.97 Å². The van der Waals surface area contributed by atoms with Crippen molar-refractivity contribution in [3.63, 3.8) is 0 Å². The molecular weight excluding hydrogens is 697 g/mol. The molecule has 0 unspecified atom stereocenters. The van der Waals surface area contributed by atoms with Gasteiger partial charge in [0.25, 0.3) is 0 Å². The van der Waals surface area contributed by atoms with Crippen molar-refractivity contribution in [2.75, 3.05) is 0 Å². The summed E-state index contributed by atoms with van der Waals surface area (Å²) in [6.07, 6.45) is 0. The highest BCUT2D eigenvalue weighted by molar-refractivity contribution is 6.34. The Labute approximate surface area is 325 Å². The molecule has 0 saturated carbocycles. The zero-order valence-corrected chi connectivity index (χ0v) is 30.5. The lowest BCUT2D eigenvalue weighted by molar-refractivity contribution is 0.667. The molecule has 5 aromatic heterocycles. The van der Waals surface area contributed by atoms with Crippen LogP contribution in [0.1, 0.15) is 0 Å². The SMILES string of the molecule is c1ccc(-c2ccc3c(c2)c2cc4c5ccccc5n(-c5ccc(-c6nc(-c7ccccc7)nc7c6oc6ccccc67)cc5)c4c4c5ccccc5n3c24)cc1. The van der Waals surface area contributed by atoms with E-state index in [1.165, 1.54) is 71.0 Å². The topological polar surface area (TPSA) is 48.3 Å². The van der Waals surface area contributed by atoms with Crippen molar-refractivity contribution in [3.8, 4) is 39.5 Å². The van der Waals surface area contributed by atoms with Crippen LogP contribution in [-0.2, 0) is 0 Å². The number of furan rings is 1. The number of hydrogen-bond donors (Lipinski definition) is 0. The number of aromatic nitrogens is 4. The van der Waals surface area contributed by atoms with Gasteiger partial charge in [-0.1, -0.05) is 127 Å². The standard InChI is InChI=1S/C52H30N4O/c1-3-13-31(14-4-1)34-25-28-44-39(29-34)41-30-40-36-17-7-10-20-42(36)55(49(40)46-37-18-8-11-21-43(37)56(44)50(41)46)35-26-23-32(24-27-35)47-51-48(38-19-9-12-22-45(38)57-51)54-52(53-47)33-15-5-2-6-16-33/h1-30H. The number of nitrogens with zero attached hydrogens (tertiary/aromatic N) is 4. The monoisotopic (exact) mass is 726 g/mol. The van der Waals surface area contributed by atoms with Crippen molar-refractivity contribution in [2.24, 2.45) is 0 Å². The highest BCUT2D eigenvalue weighted by Crippen LogP contribution is 2.47. The molecule has 0 fully saturated rings. The predicted octanol–water partition coefficient (Wildman–Crippen LogP) is 13.6. The predicted molar refractivity (Wildman–Crippen MR) is 235 cm³/mol. The molecule has 8 aromatic carbocycles. The maximum absolute atomic E-state index is 6.48. The summed E-state index contributed by atoms with van der Waals surface area (Å²) in [7, 11) is 0. The van der Waals surface area contributed by atoms with Gasteiger partial charge in [0.1, 0.15) is 16.8 Å². The molecule has 0 aliphatic carbocycles. The molecule has 0 radical (unpaired) electrons. The van der Waals surface area contributed by atoms with Crippen molar-refractivity contribution in [3.05, 3.63) is 182 Å². The van der Waals surface area contributed by atoms with E-state index in [2.05, 4.69) is 155 Å². The van der Waals surface area contributed by atoms with Crippen molar-refractivity contribution in [2.45, 2.75) is 0 Å². The second-order valence-electron chi connectivity index (χ2n) is 14.9. The van der Waals surface area contributed by atoms with Gasteiger partial charge in [-0.3, -0.25) is 0 Å². The lowest BCUT2D eigenvalue weighted by atomic mass is 10.00. The van der Waals surface area contributed by atoms with Crippen LogP contribution in [0.25, 0.3) is 121 Å². The first-order valence-corrected chi connectivity index (χ1v) is 19.3. The first-order chi connectivity index (χ1) is 28.3. The lowest BCUT2D eigenvalue weighted by Crippen LogP contribution is -1.96. The van der Waals surface area contributed by atoms with E-state index >= 15 is 0 Å². The lowest BCUT2D eigenvalue weighted by Gasteiger charge is -2.11. The molecule has 0 bridgehead atoms. The van der Waals surface area contributed by atoms with Crippen LogP contribution in [0.4, 0.5) is 0 Å². The number of rotatable bonds is 4. The van der Waals surface area contributed by atoms with Crippen LogP contribution in [0.15, 0.2) is 186 Å². The van der Waals surface area contributed by atoms with Crippen LogP contribution in [0.2, 0.25) is 0 Å². The third-order valence-corrected chi connectivity index (χ3v) is 11.9. The van der Waals surface area contributed by atoms with E-state index in [-0.39, 0.29) is 0 Å². The van der Waals surface area contributed by atoms with Gasteiger partial charge in [0, 0.05) is 54.5 Å². The summed E-state index contributed by atoms with van der Waals surface area (Å²) in [6, 6.07) is 64.8. The molecule has 5 nitrogen and oxygen atoms in total. The normalized spacial score (nSPS) is 12.2. The molecule has 57 heavy (non-hydrogen) atoms. The Morgan fingerprint density at radius 3 is 1.84 bits per heavy atom. The second kappa shape index (κ2) is 11.4. The van der Waals surface area contributed by atoms with E-state index in [0.717, 1.165) is 39.0 Å². The van der Waals surface area contributed by atoms with Gasteiger partial charge in [0.2, 0.25) is 0 Å². The number of fused-ring (bicyclic) bond motifs is 13. The maximum atomic E-state index is 6.48. The largest absolute Gasteiger partial charge is 0.452 e. The van der Waals surface area contributed by atoms with Gasteiger partial charge in [0.15, 0.2) is 11.4 Å². The van der Waals surface area contributed by atoms with Crippen molar-refractivity contribution in [1.29, 1.82) is 0 Å². The van der Waals surface area contributed by atoms with E-state index in [1.807, 2.05) is 36.4 Å². The van der Waals surface area contributed by atoms with Crippen LogP contribution in [-0.4, -0.2) is 18.9 Å². The Morgan fingerprint density at radius 2 is 1.04 bits per heavy atom. The molecule has 0 spiro atoms. The van der Waals surface area contributed by atoms with E-state index in [4.69, 9.17) is 14.4 Å². The van der Waals surface area contributed by atoms with Gasteiger partial charge in [0.05, 0.1) is 27.6 Å². The third kappa shape index (κ3) is 4.23. The van der Waals surface area contributed by atoms with Crippen molar-refractivity contribution >= 4 is 82.0 Å². The summed E-state index contributed by atoms with van der Waals surface area (Å²) < 4.78 is 11.4. The molecule has 5 heteroatoms. The smallest absolute Gasteiger partial charge is 0.180 e. The quantitative estimate of drug-likeness (QED) is 0.181. The summed E-state index contributed by atoms with van der Waals surface area (Å²) >= 11 is 0. The van der Waals surface area contributed by atoms with E-state index in [1.54, 1.807) is 0 Å². The van der Waals surface area contributed by atoms with Crippen molar-refractivity contribution < 1.29 is 4.42 Å². The minimum Gasteiger partial charge on any atom is -0.452 e. The zero-order valence-electron chi connectivity index (χ0n) is 30.5. The molecule has 0 saturated heterocycles. The molecule has 0 atom stereocenters. The Balaban J connectivity index is 1.08. The van der Waals surface area contributed by atoms with Crippen LogP contribution >= 0.6 is 0 Å². The average Bonchev–Trinajstić information content (AvgIpc) is 4.02. The fraction of sp³-hybridized carbons (Fsp3) is 0.